The zero-order chi connectivity index (χ0) is 21.5. The number of benzene rings is 1. The first kappa shape index (κ1) is 21.6. The first-order valence-electron chi connectivity index (χ1n) is 8.61. The minimum absolute atomic E-state index is 0.121. The number of carbonyl (C=O) groups excluding carboxylic acids is 3. The monoisotopic (exact) mass is 449 g/mol. The van der Waals surface area contributed by atoms with Gasteiger partial charge in [0.2, 0.25) is 5.91 Å². The van der Waals surface area contributed by atoms with Crippen molar-refractivity contribution in [1.29, 1.82) is 0 Å². The van der Waals surface area contributed by atoms with Crippen molar-refractivity contribution in [3.63, 3.8) is 0 Å². The predicted octanol–water partition coefficient (Wildman–Crippen LogP) is 3.91. The van der Waals surface area contributed by atoms with Crippen molar-refractivity contribution >= 4 is 69.7 Å². The zero-order valence-electron chi connectivity index (χ0n) is 16.5. The second kappa shape index (κ2) is 7.97. The van der Waals surface area contributed by atoms with Crippen molar-refractivity contribution in [2.75, 3.05) is 19.1 Å². The molecule has 9 heteroatoms. The van der Waals surface area contributed by atoms with E-state index in [1.54, 1.807) is 4.90 Å². The molecule has 0 atom stereocenters. The number of rotatable bonds is 2. The Morgan fingerprint density at radius 3 is 2.00 bits per heavy atom. The van der Waals surface area contributed by atoms with E-state index in [-0.39, 0.29) is 15.7 Å². The summed E-state index contributed by atoms with van der Waals surface area (Å²) in [4.78, 5) is 39.5. The third-order valence-electron chi connectivity index (χ3n) is 4.61. The van der Waals surface area contributed by atoms with Crippen molar-refractivity contribution < 1.29 is 23.9 Å². The maximum atomic E-state index is 12.4. The molecule has 0 saturated heterocycles. The number of para-hydroxylation sites is 1. The lowest BCUT2D eigenvalue weighted by molar-refractivity contribution is -0.138. The molecule has 0 aromatic heterocycles. The number of methoxy groups -OCH3 is 2. The summed E-state index contributed by atoms with van der Waals surface area (Å²) in [6.45, 7) is 5.27. The van der Waals surface area contributed by atoms with Gasteiger partial charge in [0, 0.05) is 18.1 Å². The summed E-state index contributed by atoms with van der Waals surface area (Å²) in [6, 6.07) is 7.46. The molecule has 1 amide bonds. The van der Waals surface area contributed by atoms with Crippen LogP contribution in [-0.2, 0) is 23.9 Å². The molecule has 0 spiro atoms. The summed E-state index contributed by atoms with van der Waals surface area (Å²) in [7, 11) is 2.52. The van der Waals surface area contributed by atoms with Crippen LogP contribution in [0.4, 0.5) is 5.69 Å². The molecule has 2 heterocycles. The Morgan fingerprint density at radius 2 is 1.52 bits per heavy atom. The number of fused-ring (bicyclic) bond motifs is 1. The summed E-state index contributed by atoms with van der Waals surface area (Å²) < 4.78 is 10.3. The van der Waals surface area contributed by atoms with E-state index in [1.165, 1.54) is 21.1 Å². The first-order chi connectivity index (χ1) is 13.6. The molecule has 152 valence electrons. The van der Waals surface area contributed by atoms with Gasteiger partial charge in [-0.2, -0.15) is 0 Å². The van der Waals surface area contributed by atoms with Crippen molar-refractivity contribution in [2.45, 2.75) is 26.3 Å². The molecule has 29 heavy (non-hydrogen) atoms. The van der Waals surface area contributed by atoms with Crippen molar-refractivity contribution in [3.8, 4) is 0 Å². The summed E-state index contributed by atoms with van der Waals surface area (Å²) >= 11 is 8.08. The Morgan fingerprint density at radius 1 is 1.00 bits per heavy atom. The van der Waals surface area contributed by atoms with Gasteiger partial charge < -0.3 is 14.4 Å². The van der Waals surface area contributed by atoms with E-state index in [9.17, 15) is 14.4 Å². The third kappa shape index (κ3) is 3.51. The summed E-state index contributed by atoms with van der Waals surface area (Å²) in [6.07, 6.45) is 0. The van der Waals surface area contributed by atoms with Crippen LogP contribution in [0, 0.1) is 0 Å². The third-order valence-corrected chi connectivity index (χ3v) is 7.87. The number of thiocarbonyl (C=S) groups is 1. The molecule has 0 fully saturated rings. The lowest BCUT2D eigenvalue weighted by atomic mass is 9.83. The predicted molar refractivity (Wildman–Crippen MR) is 119 cm³/mol. The molecule has 3 rings (SSSR count). The van der Waals surface area contributed by atoms with Crippen LogP contribution in [-0.4, -0.2) is 42.5 Å². The molecule has 2 aliphatic rings. The number of thioether (sulfide) groups is 2. The molecule has 1 aromatic carbocycles. The lowest BCUT2D eigenvalue weighted by Gasteiger charge is -2.44. The van der Waals surface area contributed by atoms with Crippen LogP contribution in [0.3, 0.4) is 0 Å². The molecule has 6 nitrogen and oxygen atoms in total. The van der Waals surface area contributed by atoms with E-state index in [0.29, 0.717) is 9.10 Å². The Hall–Kier alpha value is -2.10. The molecule has 0 radical (unpaired) electrons. The smallest absolute Gasteiger partial charge is 0.346 e. The highest BCUT2D eigenvalue weighted by Crippen LogP contribution is 2.56. The van der Waals surface area contributed by atoms with Crippen LogP contribution in [0.25, 0.3) is 5.57 Å². The molecule has 0 bridgehead atoms. The van der Waals surface area contributed by atoms with Crippen molar-refractivity contribution in [3.05, 3.63) is 43.9 Å². The van der Waals surface area contributed by atoms with Gasteiger partial charge in [-0.1, -0.05) is 53.9 Å². The molecule has 0 saturated carbocycles. The molecular weight excluding hydrogens is 430 g/mol. The minimum Gasteiger partial charge on any atom is -0.465 e. The van der Waals surface area contributed by atoms with Gasteiger partial charge in [0.25, 0.3) is 0 Å². The largest absolute Gasteiger partial charge is 0.465 e. The highest BCUT2D eigenvalue weighted by Gasteiger charge is 2.45. The number of anilines is 1. The van der Waals surface area contributed by atoms with Gasteiger partial charge in [0.15, 0.2) is 0 Å². The van der Waals surface area contributed by atoms with Gasteiger partial charge in [-0.05, 0) is 19.9 Å². The minimum atomic E-state index is -0.765. The summed E-state index contributed by atoms with van der Waals surface area (Å²) in [5.41, 5.74) is 1.47. The number of amides is 1. The molecular formula is C20H19NO5S3. The van der Waals surface area contributed by atoms with E-state index in [4.69, 9.17) is 21.7 Å². The van der Waals surface area contributed by atoms with Gasteiger partial charge >= 0.3 is 11.9 Å². The SMILES string of the molecule is COC(=O)C1=C(C(=O)OC)SC(=C2C(=S)C(C)(C)N(C(C)=O)c3ccccc32)S1. The average molecular weight is 450 g/mol. The highest BCUT2D eigenvalue weighted by molar-refractivity contribution is 8.29. The van der Waals surface area contributed by atoms with Gasteiger partial charge in [0.1, 0.15) is 9.81 Å². The molecule has 2 aliphatic heterocycles. The van der Waals surface area contributed by atoms with Crippen LogP contribution in [0.1, 0.15) is 26.3 Å². The Balaban J connectivity index is 2.23. The maximum Gasteiger partial charge on any atom is 0.346 e. The van der Waals surface area contributed by atoms with Gasteiger partial charge in [-0.3, -0.25) is 4.79 Å². The van der Waals surface area contributed by atoms with Crippen LogP contribution >= 0.6 is 35.7 Å². The number of esters is 2. The van der Waals surface area contributed by atoms with Crippen LogP contribution < -0.4 is 4.90 Å². The normalized spacial score (nSPS) is 18.0. The fourth-order valence-electron chi connectivity index (χ4n) is 3.33. The molecule has 0 aliphatic carbocycles. The van der Waals surface area contributed by atoms with E-state index < -0.39 is 17.5 Å². The highest BCUT2D eigenvalue weighted by atomic mass is 32.2. The van der Waals surface area contributed by atoms with Gasteiger partial charge in [-0.15, -0.1) is 0 Å². The van der Waals surface area contributed by atoms with Crippen LogP contribution in [0.5, 0.6) is 0 Å². The number of carbonyl (C=O) groups is 3. The zero-order valence-corrected chi connectivity index (χ0v) is 19.0. The fraction of sp³-hybridized carbons (Fsp3) is 0.300. The number of ether oxygens (including phenoxy) is 2. The quantitative estimate of drug-likeness (QED) is 0.382. The van der Waals surface area contributed by atoms with E-state index in [0.717, 1.165) is 40.3 Å². The number of nitrogens with zero attached hydrogens (tertiary/aromatic N) is 1. The van der Waals surface area contributed by atoms with Crippen molar-refractivity contribution in [2.24, 2.45) is 0 Å². The molecule has 0 unspecified atom stereocenters. The van der Waals surface area contributed by atoms with Crippen LogP contribution in [0.15, 0.2) is 38.3 Å². The van der Waals surface area contributed by atoms with E-state index >= 15 is 0 Å². The van der Waals surface area contributed by atoms with Crippen LogP contribution in [0.2, 0.25) is 0 Å². The van der Waals surface area contributed by atoms with E-state index in [1.807, 2.05) is 38.1 Å². The first-order valence-corrected chi connectivity index (χ1v) is 10.6. The second-order valence-corrected chi connectivity index (χ2v) is 9.48. The Kier molecular flexibility index (Phi) is 5.93. The molecule has 0 N–H and O–H groups in total. The maximum absolute atomic E-state index is 12.4. The standard InChI is InChI=1S/C20H19NO5S3/c1-10(22)21-12-9-7-6-8-11(12)13(16(27)20(21,2)3)19-28-14(17(23)25-4)15(29-19)18(24)26-5/h6-9H,1-5H3. The lowest BCUT2D eigenvalue weighted by Crippen LogP contribution is -2.55. The Bertz CT molecular complexity index is 979. The van der Waals surface area contributed by atoms with Gasteiger partial charge in [-0.25, -0.2) is 9.59 Å². The van der Waals surface area contributed by atoms with E-state index in [2.05, 4.69) is 0 Å². The van der Waals surface area contributed by atoms with Crippen molar-refractivity contribution in [1.82, 2.24) is 0 Å². The topological polar surface area (TPSA) is 72.9 Å². The Labute approximate surface area is 182 Å². The summed E-state index contributed by atoms with van der Waals surface area (Å²) in [5.74, 6) is -1.35. The summed E-state index contributed by atoms with van der Waals surface area (Å²) in [5, 5.41) is 0. The average Bonchev–Trinajstić information content (AvgIpc) is 3.12. The molecule has 1 aromatic rings. The fourth-order valence-corrected chi connectivity index (χ4v) is 6.37. The second-order valence-electron chi connectivity index (χ2n) is 6.77. The van der Waals surface area contributed by atoms with Gasteiger partial charge in [0.05, 0.1) is 34.5 Å². The number of hydrogen-bond acceptors (Lipinski definition) is 8. The number of hydrogen-bond donors (Lipinski definition) is 0.